The molecule has 0 spiro atoms. The molecule has 2 heteroatoms. The highest BCUT2D eigenvalue weighted by Gasteiger charge is 1.84. The molecule has 0 fully saturated rings. The van der Waals surface area contributed by atoms with Crippen LogP contribution in [0.3, 0.4) is 0 Å². The van der Waals surface area contributed by atoms with Crippen molar-refractivity contribution in [1.82, 2.24) is 0 Å². The molecular weight excluding hydrogens is 215 g/mol. The minimum atomic E-state index is 0.282. The molecule has 0 rings (SSSR count). The van der Waals surface area contributed by atoms with Crippen LogP contribution >= 0.6 is 22.6 Å². The van der Waals surface area contributed by atoms with Crippen molar-refractivity contribution in [1.29, 1.82) is 0 Å². The highest BCUT2D eigenvalue weighted by Crippen LogP contribution is 1.87. The van der Waals surface area contributed by atoms with Gasteiger partial charge in [-0.05, 0) is 6.92 Å². The van der Waals surface area contributed by atoms with Gasteiger partial charge in [-0.25, -0.2) is 0 Å². The maximum atomic E-state index is 10.0. The molecule has 0 aliphatic heterocycles. The number of hydrogen-bond donors (Lipinski definition) is 0. The molecule has 0 N–H and O–H groups in total. The summed E-state index contributed by atoms with van der Waals surface area (Å²) in [5, 5.41) is 0. The number of Topliss-reactive ketones (excluding diaryl/α,β-unsaturated/α-hetero) is 1. The number of carbonyl (C=O) groups is 1. The van der Waals surface area contributed by atoms with Gasteiger partial charge in [0.15, 0.2) is 0 Å². The van der Waals surface area contributed by atoms with E-state index in [2.05, 4.69) is 35.7 Å². The van der Waals surface area contributed by atoms with E-state index in [0.29, 0.717) is 0 Å². The van der Waals surface area contributed by atoms with Gasteiger partial charge in [-0.2, -0.15) is 0 Å². The van der Waals surface area contributed by atoms with Crippen LogP contribution in [0.4, 0.5) is 0 Å². The molecule has 8 heavy (non-hydrogen) atoms. The Morgan fingerprint density at radius 3 is 2.00 bits per heavy atom. The van der Waals surface area contributed by atoms with Crippen molar-refractivity contribution in [3.63, 3.8) is 0 Å². The van der Waals surface area contributed by atoms with Crippen molar-refractivity contribution in [2.75, 3.05) is 4.43 Å². The molecule has 0 saturated heterocycles. The van der Waals surface area contributed by atoms with Gasteiger partial charge in [0, 0.05) is 10.8 Å². The number of hydrogen-bond acceptors (Lipinski definition) is 1. The average molecular weight is 226 g/mol. The summed E-state index contributed by atoms with van der Waals surface area (Å²) in [6.45, 7) is 7.61. The van der Waals surface area contributed by atoms with E-state index >= 15 is 0 Å². The normalized spacial score (nSPS) is 6.75. The molecular formula is C6H11IO. The van der Waals surface area contributed by atoms with Crippen molar-refractivity contribution in [3.05, 3.63) is 13.2 Å². The van der Waals surface area contributed by atoms with E-state index in [0.717, 1.165) is 10.8 Å². The van der Waals surface area contributed by atoms with Crippen molar-refractivity contribution in [3.8, 4) is 0 Å². The standard InChI is InChI=1S/C4H7IO.C2H4/c1-4(6)2-3-5;1-2/h2-3H2,1H3;1-2H2. The first kappa shape index (κ1) is 11.0. The number of alkyl halides is 1. The third-order valence-corrected chi connectivity index (χ3v) is 0.986. The summed E-state index contributed by atoms with van der Waals surface area (Å²) in [6, 6.07) is 0. The van der Waals surface area contributed by atoms with Crippen LogP contribution in [0.1, 0.15) is 13.3 Å². The van der Waals surface area contributed by atoms with Gasteiger partial charge >= 0.3 is 0 Å². The van der Waals surface area contributed by atoms with Crippen molar-refractivity contribution >= 4 is 28.4 Å². The van der Waals surface area contributed by atoms with Crippen LogP contribution in [0.2, 0.25) is 0 Å². The van der Waals surface area contributed by atoms with E-state index in [1.54, 1.807) is 6.92 Å². The second-order valence-electron chi connectivity index (χ2n) is 1.14. The van der Waals surface area contributed by atoms with Gasteiger partial charge < -0.3 is 4.79 Å². The Bertz CT molecular complexity index is 61.5. The maximum Gasteiger partial charge on any atom is 0.130 e. The third kappa shape index (κ3) is 16.5. The Balaban J connectivity index is 0. The molecule has 0 heterocycles. The Kier molecular flexibility index (Phi) is 14.0. The Morgan fingerprint density at radius 1 is 1.62 bits per heavy atom. The summed E-state index contributed by atoms with van der Waals surface area (Å²) in [5.41, 5.74) is 0. The summed E-state index contributed by atoms with van der Waals surface area (Å²) >= 11 is 2.18. The molecule has 0 aliphatic carbocycles. The zero-order chi connectivity index (χ0) is 6.99. The zero-order valence-electron chi connectivity index (χ0n) is 5.11. The van der Waals surface area contributed by atoms with Crippen LogP contribution in [0.15, 0.2) is 13.2 Å². The summed E-state index contributed by atoms with van der Waals surface area (Å²) < 4.78 is 0.951. The van der Waals surface area contributed by atoms with E-state index in [-0.39, 0.29) is 5.78 Å². The second kappa shape index (κ2) is 10.2. The lowest BCUT2D eigenvalue weighted by Crippen LogP contribution is -1.87. The van der Waals surface area contributed by atoms with Gasteiger partial charge in [0.2, 0.25) is 0 Å². The fourth-order valence-corrected chi connectivity index (χ4v) is 0.893. The summed E-state index contributed by atoms with van der Waals surface area (Å²) in [6.07, 6.45) is 0.723. The maximum absolute atomic E-state index is 10.0. The number of halogens is 1. The SMILES string of the molecule is C=C.CC(=O)CCI. The molecule has 0 radical (unpaired) electrons. The predicted molar refractivity (Wildman–Crippen MR) is 45.4 cm³/mol. The first-order valence-electron chi connectivity index (χ1n) is 2.32. The van der Waals surface area contributed by atoms with Crippen molar-refractivity contribution < 1.29 is 4.79 Å². The molecule has 0 unspecified atom stereocenters. The Labute approximate surface area is 64.3 Å². The average Bonchev–Trinajstić information content (AvgIpc) is 1.72. The van der Waals surface area contributed by atoms with E-state index in [4.69, 9.17) is 0 Å². The van der Waals surface area contributed by atoms with E-state index in [1.165, 1.54) is 0 Å². The van der Waals surface area contributed by atoms with Crippen LogP contribution in [0, 0.1) is 0 Å². The lowest BCUT2D eigenvalue weighted by Gasteiger charge is -1.79. The van der Waals surface area contributed by atoms with Crippen molar-refractivity contribution in [2.24, 2.45) is 0 Å². The zero-order valence-corrected chi connectivity index (χ0v) is 7.27. The van der Waals surface area contributed by atoms with Gasteiger partial charge in [-0.15, -0.1) is 13.2 Å². The van der Waals surface area contributed by atoms with E-state index in [9.17, 15) is 4.79 Å². The fourth-order valence-electron chi connectivity index (χ4n) is 0.133. The van der Waals surface area contributed by atoms with Crippen LogP contribution in [-0.4, -0.2) is 10.2 Å². The number of ketones is 1. The Hall–Kier alpha value is 0.140. The minimum Gasteiger partial charge on any atom is -0.300 e. The highest BCUT2D eigenvalue weighted by molar-refractivity contribution is 14.1. The lowest BCUT2D eigenvalue weighted by molar-refractivity contribution is -0.116. The quantitative estimate of drug-likeness (QED) is 0.400. The van der Waals surface area contributed by atoms with Crippen LogP contribution in [0.5, 0.6) is 0 Å². The van der Waals surface area contributed by atoms with Gasteiger partial charge in [-0.1, -0.05) is 22.6 Å². The fraction of sp³-hybridized carbons (Fsp3) is 0.500. The van der Waals surface area contributed by atoms with Crippen LogP contribution in [0.25, 0.3) is 0 Å². The van der Waals surface area contributed by atoms with Crippen LogP contribution in [-0.2, 0) is 4.79 Å². The molecule has 0 atom stereocenters. The van der Waals surface area contributed by atoms with Gasteiger partial charge in [0.25, 0.3) is 0 Å². The number of carbonyl (C=O) groups excluding carboxylic acids is 1. The smallest absolute Gasteiger partial charge is 0.130 e. The molecule has 0 amide bonds. The van der Waals surface area contributed by atoms with Gasteiger partial charge in [0.1, 0.15) is 5.78 Å². The first-order chi connectivity index (χ1) is 3.77. The first-order valence-corrected chi connectivity index (χ1v) is 3.85. The molecule has 0 aliphatic rings. The highest BCUT2D eigenvalue weighted by atomic mass is 127. The molecule has 0 aromatic heterocycles. The second-order valence-corrected chi connectivity index (χ2v) is 2.22. The summed E-state index contributed by atoms with van der Waals surface area (Å²) in [4.78, 5) is 10.0. The monoisotopic (exact) mass is 226 g/mol. The van der Waals surface area contributed by atoms with Crippen molar-refractivity contribution in [2.45, 2.75) is 13.3 Å². The topological polar surface area (TPSA) is 17.1 Å². The molecule has 0 bridgehead atoms. The van der Waals surface area contributed by atoms with Crippen LogP contribution < -0.4 is 0 Å². The van der Waals surface area contributed by atoms with Gasteiger partial charge in [0.05, 0.1) is 0 Å². The molecule has 48 valence electrons. The molecule has 0 aromatic carbocycles. The summed E-state index contributed by atoms with van der Waals surface area (Å²) in [5.74, 6) is 0.282. The molecule has 0 saturated carbocycles. The molecule has 1 nitrogen and oxygen atoms in total. The van der Waals surface area contributed by atoms with E-state index in [1.807, 2.05) is 0 Å². The third-order valence-electron chi connectivity index (χ3n) is 0.447. The molecule has 0 aromatic rings. The number of rotatable bonds is 2. The predicted octanol–water partition coefficient (Wildman–Crippen LogP) is 2.20. The Morgan fingerprint density at radius 2 is 2.00 bits per heavy atom. The lowest BCUT2D eigenvalue weighted by atomic mass is 10.4. The van der Waals surface area contributed by atoms with E-state index < -0.39 is 0 Å². The van der Waals surface area contributed by atoms with Gasteiger partial charge in [-0.3, -0.25) is 0 Å². The summed E-state index contributed by atoms with van der Waals surface area (Å²) in [7, 11) is 0. The largest absolute Gasteiger partial charge is 0.300 e. The minimum absolute atomic E-state index is 0.282.